The highest BCUT2D eigenvalue weighted by Crippen LogP contribution is 2.36. The van der Waals surface area contributed by atoms with Crippen LogP contribution >= 0.6 is 48.0 Å². The minimum Gasteiger partial charge on any atom is -0.497 e. The fourth-order valence-corrected chi connectivity index (χ4v) is 4.69. The number of aromatic nitrogens is 2. The molecule has 2 aromatic carbocycles. The molecule has 2 N–H and O–H groups in total. The summed E-state index contributed by atoms with van der Waals surface area (Å²) in [5, 5.41) is 8.23. The van der Waals surface area contributed by atoms with E-state index in [1.807, 2.05) is 12.3 Å². The minimum atomic E-state index is 0. The molecule has 180 valence electrons. The summed E-state index contributed by atoms with van der Waals surface area (Å²) in [4.78, 5) is 10.5. The molecular weight excluding hydrogens is 502 g/mol. The van der Waals surface area contributed by atoms with Gasteiger partial charge >= 0.3 is 0 Å². The maximum atomic E-state index is 5.90. The Morgan fingerprint density at radius 2 is 1.73 bits per heavy atom. The van der Waals surface area contributed by atoms with Crippen LogP contribution < -0.4 is 10.1 Å². The number of halogens is 4. The third kappa shape index (κ3) is 5.90. The van der Waals surface area contributed by atoms with E-state index in [4.69, 9.17) is 27.9 Å². The van der Waals surface area contributed by atoms with E-state index in [0.29, 0.717) is 11.8 Å². The Morgan fingerprint density at radius 1 is 0.970 bits per heavy atom. The van der Waals surface area contributed by atoms with Gasteiger partial charge in [-0.05, 0) is 61.2 Å². The first-order valence-electron chi connectivity index (χ1n) is 10.6. The van der Waals surface area contributed by atoms with Gasteiger partial charge in [-0.15, -0.1) is 48.0 Å². The van der Waals surface area contributed by atoms with Gasteiger partial charge < -0.3 is 19.9 Å². The number of ether oxygens (including phenoxy) is 1. The van der Waals surface area contributed by atoms with Crippen molar-refractivity contribution in [1.82, 2.24) is 14.9 Å². The summed E-state index contributed by atoms with van der Waals surface area (Å²) in [5.41, 5.74) is 3.49. The standard InChI is InChI=1S/C24H28Cl2N4O.2ClH/c1-16-18-6-10-28-24(27-9-3-11-30(12-7-25)13-8-26)21(18)15-20-19-14-17(31-2)4-5-22(19)29-23(16)20;;/h4-6,10,14-15,29H,3,7-9,11-13H2,1-2H3,(H,27,28);2*1H. The number of rotatable bonds is 10. The molecule has 0 saturated carbocycles. The molecule has 2 heterocycles. The number of methoxy groups -OCH3 is 1. The van der Waals surface area contributed by atoms with E-state index in [1.165, 1.54) is 16.3 Å². The van der Waals surface area contributed by atoms with Crippen LogP contribution in [0.3, 0.4) is 0 Å². The van der Waals surface area contributed by atoms with E-state index in [0.717, 1.165) is 66.0 Å². The smallest absolute Gasteiger partial charge is 0.133 e. The van der Waals surface area contributed by atoms with E-state index in [9.17, 15) is 0 Å². The zero-order valence-electron chi connectivity index (χ0n) is 18.8. The lowest BCUT2D eigenvalue weighted by Gasteiger charge is -2.20. The Labute approximate surface area is 217 Å². The van der Waals surface area contributed by atoms with Gasteiger partial charge in [0.05, 0.1) is 12.6 Å². The molecule has 0 radical (unpaired) electrons. The summed E-state index contributed by atoms with van der Waals surface area (Å²) in [7, 11) is 1.70. The zero-order chi connectivity index (χ0) is 21.8. The second kappa shape index (κ2) is 12.7. The third-order valence-corrected chi connectivity index (χ3v) is 6.19. The normalized spacial score (nSPS) is 11.1. The number of nitrogens with zero attached hydrogens (tertiary/aromatic N) is 2. The summed E-state index contributed by atoms with van der Waals surface area (Å²) in [5.74, 6) is 3.02. The lowest BCUT2D eigenvalue weighted by atomic mass is 10.0. The molecule has 0 spiro atoms. The fourth-order valence-electron chi connectivity index (χ4n) is 4.21. The van der Waals surface area contributed by atoms with Crippen molar-refractivity contribution < 1.29 is 4.74 Å². The highest BCUT2D eigenvalue weighted by atomic mass is 35.5. The Kier molecular flexibility index (Phi) is 10.6. The molecule has 0 saturated heterocycles. The summed E-state index contributed by atoms with van der Waals surface area (Å²) in [6.45, 7) is 5.69. The molecule has 0 amide bonds. The van der Waals surface area contributed by atoms with Gasteiger partial charge in [-0.25, -0.2) is 4.98 Å². The molecule has 0 fully saturated rings. The number of hydrogen-bond donors (Lipinski definition) is 2. The second-order valence-corrected chi connectivity index (χ2v) is 8.47. The van der Waals surface area contributed by atoms with Crippen LogP contribution in [-0.4, -0.2) is 59.9 Å². The molecule has 0 atom stereocenters. The first-order chi connectivity index (χ1) is 15.2. The molecule has 0 aliphatic carbocycles. The summed E-state index contributed by atoms with van der Waals surface area (Å²) in [6, 6.07) is 10.5. The van der Waals surface area contributed by atoms with Crippen LogP contribution in [0.15, 0.2) is 36.5 Å². The number of nitrogens with one attached hydrogen (secondary N) is 2. The molecule has 5 nitrogen and oxygen atoms in total. The Morgan fingerprint density at radius 3 is 2.42 bits per heavy atom. The lowest BCUT2D eigenvalue weighted by molar-refractivity contribution is 0.306. The Bertz CT molecular complexity index is 1190. The molecule has 33 heavy (non-hydrogen) atoms. The molecule has 0 aliphatic rings. The number of anilines is 1. The SMILES string of the molecule is COc1ccc2[nH]c3c(C)c4ccnc(NCCCN(CCCl)CCCl)c4cc3c2c1.Cl.Cl. The van der Waals surface area contributed by atoms with Crippen molar-refractivity contribution in [2.24, 2.45) is 0 Å². The van der Waals surface area contributed by atoms with Crippen molar-refractivity contribution in [3.63, 3.8) is 0 Å². The van der Waals surface area contributed by atoms with Gasteiger partial charge in [-0.2, -0.15) is 0 Å². The highest BCUT2D eigenvalue weighted by molar-refractivity contribution is 6.18. The van der Waals surface area contributed by atoms with Crippen LogP contribution in [0.1, 0.15) is 12.0 Å². The Balaban J connectivity index is 0.00000193. The zero-order valence-corrected chi connectivity index (χ0v) is 21.9. The van der Waals surface area contributed by atoms with Crippen molar-refractivity contribution in [3.8, 4) is 5.75 Å². The molecule has 0 bridgehead atoms. The lowest BCUT2D eigenvalue weighted by Crippen LogP contribution is -2.30. The van der Waals surface area contributed by atoms with Crippen LogP contribution in [0.4, 0.5) is 5.82 Å². The minimum absolute atomic E-state index is 0. The maximum absolute atomic E-state index is 5.90. The summed E-state index contributed by atoms with van der Waals surface area (Å²) < 4.78 is 5.44. The van der Waals surface area contributed by atoms with Crippen molar-refractivity contribution in [1.29, 1.82) is 0 Å². The molecule has 0 unspecified atom stereocenters. The van der Waals surface area contributed by atoms with E-state index in [2.05, 4.69) is 51.4 Å². The third-order valence-electron chi connectivity index (χ3n) is 5.85. The number of aryl methyl sites for hydroxylation is 1. The van der Waals surface area contributed by atoms with Gasteiger partial charge in [-0.1, -0.05) is 0 Å². The van der Waals surface area contributed by atoms with E-state index in [-0.39, 0.29) is 24.8 Å². The molecule has 9 heteroatoms. The van der Waals surface area contributed by atoms with Crippen LogP contribution in [0.5, 0.6) is 5.75 Å². The summed E-state index contributed by atoms with van der Waals surface area (Å²) >= 11 is 11.8. The molecular formula is C24H30Cl4N4O. The molecule has 2 aromatic heterocycles. The van der Waals surface area contributed by atoms with Gasteiger partial charge in [0.15, 0.2) is 0 Å². The monoisotopic (exact) mass is 530 g/mol. The fraction of sp³-hybridized carbons (Fsp3) is 0.375. The number of benzene rings is 2. The first kappa shape index (κ1) is 27.6. The number of hydrogen-bond acceptors (Lipinski definition) is 4. The average Bonchev–Trinajstić information content (AvgIpc) is 3.15. The number of fused-ring (bicyclic) bond motifs is 4. The predicted octanol–water partition coefficient (Wildman–Crippen LogP) is 6.61. The van der Waals surface area contributed by atoms with Gasteiger partial charge in [0.1, 0.15) is 11.6 Å². The topological polar surface area (TPSA) is 53.2 Å². The van der Waals surface area contributed by atoms with E-state index >= 15 is 0 Å². The quantitative estimate of drug-likeness (QED) is 0.178. The van der Waals surface area contributed by atoms with Gasteiger partial charge in [0.2, 0.25) is 0 Å². The van der Waals surface area contributed by atoms with Crippen molar-refractivity contribution in [2.75, 3.05) is 50.4 Å². The average molecular weight is 532 g/mol. The van der Waals surface area contributed by atoms with Crippen LogP contribution in [0, 0.1) is 6.92 Å². The van der Waals surface area contributed by atoms with Crippen LogP contribution in [0.25, 0.3) is 32.6 Å². The van der Waals surface area contributed by atoms with Gasteiger partial charge in [-0.3, -0.25) is 0 Å². The van der Waals surface area contributed by atoms with Gasteiger partial charge in [0.25, 0.3) is 0 Å². The number of H-pyrrole nitrogens is 1. The second-order valence-electron chi connectivity index (χ2n) is 7.72. The van der Waals surface area contributed by atoms with E-state index < -0.39 is 0 Å². The molecule has 4 aromatic rings. The first-order valence-corrected chi connectivity index (χ1v) is 11.7. The number of pyridine rings is 1. The number of aromatic amines is 1. The van der Waals surface area contributed by atoms with Crippen LogP contribution in [-0.2, 0) is 0 Å². The highest BCUT2D eigenvalue weighted by Gasteiger charge is 2.13. The van der Waals surface area contributed by atoms with Crippen molar-refractivity contribution in [3.05, 3.63) is 42.1 Å². The molecule has 4 rings (SSSR count). The molecule has 0 aliphatic heterocycles. The van der Waals surface area contributed by atoms with Crippen molar-refractivity contribution in [2.45, 2.75) is 13.3 Å². The largest absolute Gasteiger partial charge is 0.497 e. The predicted molar refractivity (Wildman–Crippen MR) is 148 cm³/mol. The maximum Gasteiger partial charge on any atom is 0.133 e. The Hall–Kier alpha value is -1.63. The summed E-state index contributed by atoms with van der Waals surface area (Å²) in [6.07, 6.45) is 2.87. The van der Waals surface area contributed by atoms with Crippen molar-refractivity contribution >= 4 is 86.4 Å². The van der Waals surface area contributed by atoms with E-state index in [1.54, 1.807) is 7.11 Å². The van der Waals surface area contributed by atoms with Gasteiger partial charge in [0, 0.05) is 59.3 Å². The number of alkyl halides is 2. The van der Waals surface area contributed by atoms with Crippen LogP contribution in [0.2, 0.25) is 0 Å².